The minimum Gasteiger partial charge on any atom is -0.486 e. The number of carbonyl (C=O) groups excluding carboxylic acids is 1. The average Bonchev–Trinajstić information content (AvgIpc) is 3.35. The van der Waals surface area contributed by atoms with Crippen LogP contribution in [0.15, 0.2) is 30.6 Å². The lowest BCUT2D eigenvalue weighted by atomic mass is 10.1. The minimum atomic E-state index is -0.888. The molecule has 1 saturated heterocycles. The maximum atomic E-state index is 15.1. The Bertz CT molecular complexity index is 1490. The standard InChI is InChI=1S/C26H27F2IN4O4/c1-14(21-17(27)12-30-24-22(21)18(28)13-32(24)25(34)37-26(2,3)4)36-15-8-9-19-16(11-15)23(29)31-33(19)20-7-5-6-10-35-20/h8-9,11-14,20H,5-7,10H2,1-4H3. The SMILES string of the molecule is CC(Oc1ccc2c(c1)c(I)nn2C1CCCCO1)c1c(F)cnc2c1c(F)cn2C(=O)OC(C)(C)C. The van der Waals surface area contributed by atoms with Gasteiger partial charge in [-0.2, -0.15) is 5.10 Å². The smallest absolute Gasteiger partial charge is 0.420 e. The number of ether oxygens (including phenoxy) is 3. The van der Waals surface area contributed by atoms with E-state index in [2.05, 4.69) is 32.7 Å². The van der Waals surface area contributed by atoms with Gasteiger partial charge in [0, 0.05) is 17.6 Å². The number of hydrogen-bond donors (Lipinski definition) is 0. The first-order valence-electron chi connectivity index (χ1n) is 12.1. The molecule has 196 valence electrons. The Morgan fingerprint density at radius 1 is 1.24 bits per heavy atom. The molecular formula is C26H27F2IN4O4. The molecule has 11 heteroatoms. The van der Waals surface area contributed by atoms with Gasteiger partial charge in [0.25, 0.3) is 0 Å². The third-order valence-electron chi connectivity index (χ3n) is 6.13. The Morgan fingerprint density at radius 2 is 2.03 bits per heavy atom. The molecule has 1 aromatic carbocycles. The summed E-state index contributed by atoms with van der Waals surface area (Å²) in [5.74, 6) is -1.06. The van der Waals surface area contributed by atoms with Crippen LogP contribution >= 0.6 is 22.6 Å². The molecule has 8 nitrogen and oxygen atoms in total. The zero-order valence-corrected chi connectivity index (χ0v) is 23.1. The maximum absolute atomic E-state index is 15.1. The van der Waals surface area contributed by atoms with Gasteiger partial charge in [-0.15, -0.1) is 0 Å². The molecule has 0 radical (unpaired) electrons. The first-order valence-corrected chi connectivity index (χ1v) is 13.2. The van der Waals surface area contributed by atoms with E-state index in [1.807, 2.05) is 16.8 Å². The molecule has 37 heavy (non-hydrogen) atoms. The van der Waals surface area contributed by atoms with Crippen LogP contribution in [-0.4, -0.2) is 37.6 Å². The van der Waals surface area contributed by atoms with Crippen molar-refractivity contribution in [2.24, 2.45) is 0 Å². The molecule has 0 aliphatic carbocycles. The predicted octanol–water partition coefficient (Wildman–Crippen LogP) is 6.89. The molecule has 5 rings (SSSR count). The first kappa shape index (κ1) is 25.8. The number of fused-ring (bicyclic) bond motifs is 2. The van der Waals surface area contributed by atoms with Crippen LogP contribution in [0.5, 0.6) is 5.75 Å². The summed E-state index contributed by atoms with van der Waals surface area (Å²) < 4.78 is 51.0. The van der Waals surface area contributed by atoms with Crippen LogP contribution in [0, 0.1) is 15.3 Å². The zero-order valence-electron chi connectivity index (χ0n) is 20.9. The predicted molar refractivity (Wildman–Crippen MR) is 142 cm³/mol. The van der Waals surface area contributed by atoms with Crippen LogP contribution in [-0.2, 0) is 9.47 Å². The topological polar surface area (TPSA) is 80.4 Å². The molecule has 2 unspecified atom stereocenters. The lowest BCUT2D eigenvalue weighted by molar-refractivity contribution is -0.0368. The second-order valence-corrected chi connectivity index (χ2v) is 11.1. The van der Waals surface area contributed by atoms with Gasteiger partial charge in [-0.25, -0.2) is 27.8 Å². The molecule has 0 bridgehead atoms. The molecule has 0 spiro atoms. The number of halogens is 3. The quantitative estimate of drug-likeness (QED) is 0.230. The summed E-state index contributed by atoms with van der Waals surface area (Å²) in [6.45, 7) is 7.43. The van der Waals surface area contributed by atoms with Gasteiger partial charge in [0.2, 0.25) is 0 Å². The van der Waals surface area contributed by atoms with Crippen molar-refractivity contribution in [3.8, 4) is 5.75 Å². The van der Waals surface area contributed by atoms with Gasteiger partial charge in [0.15, 0.2) is 17.7 Å². The summed E-state index contributed by atoms with van der Waals surface area (Å²) in [6, 6.07) is 5.50. The molecule has 1 aliphatic heterocycles. The van der Waals surface area contributed by atoms with E-state index in [9.17, 15) is 9.18 Å². The number of carbonyl (C=O) groups is 1. The lowest BCUT2D eigenvalue weighted by Gasteiger charge is -2.23. The normalized spacial score (nSPS) is 17.3. The summed E-state index contributed by atoms with van der Waals surface area (Å²) in [4.78, 5) is 16.6. The number of aromatic nitrogens is 4. The number of nitrogens with zero attached hydrogens (tertiary/aromatic N) is 4. The molecule has 2 atom stereocenters. The van der Waals surface area contributed by atoms with Crippen molar-refractivity contribution in [1.82, 2.24) is 19.3 Å². The second-order valence-electron chi connectivity index (χ2n) is 10.0. The van der Waals surface area contributed by atoms with E-state index in [1.54, 1.807) is 33.8 Å². The third-order valence-corrected chi connectivity index (χ3v) is 6.93. The number of hydrogen-bond acceptors (Lipinski definition) is 6. The number of benzene rings is 1. The molecule has 4 aromatic rings. The fourth-order valence-corrected chi connectivity index (χ4v) is 5.22. The number of rotatable bonds is 4. The summed E-state index contributed by atoms with van der Waals surface area (Å²) in [6.07, 6.45) is 3.13. The summed E-state index contributed by atoms with van der Waals surface area (Å²) in [5, 5.41) is 5.41. The van der Waals surface area contributed by atoms with E-state index < -0.39 is 29.4 Å². The molecular weight excluding hydrogens is 597 g/mol. The largest absolute Gasteiger partial charge is 0.486 e. The van der Waals surface area contributed by atoms with E-state index in [1.165, 1.54) is 0 Å². The molecule has 3 aromatic heterocycles. The van der Waals surface area contributed by atoms with Crippen molar-refractivity contribution in [1.29, 1.82) is 0 Å². The Morgan fingerprint density at radius 3 is 2.73 bits per heavy atom. The van der Waals surface area contributed by atoms with Crippen molar-refractivity contribution in [3.05, 3.63) is 51.5 Å². The summed E-state index contributed by atoms with van der Waals surface area (Å²) >= 11 is 2.17. The maximum Gasteiger partial charge on any atom is 0.420 e. The molecule has 0 saturated carbocycles. The molecule has 0 N–H and O–H groups in total. The van der Waals surface area contributed by atoms with Gasteiger partial charge in [0.05, 0.1) is 23.3 Å². The van der Waals surface area contributed by atoms with E-state index in [4.69, 9.17) is 14.2 Å². The van der Waals surface area contributed by atoms with E-state index in [-0.39, 0.29) is 22.8 Å². The first-order chi connectivity index (χ1) is 17.5. The van der Waals surface area contributed by atoms with Gasteiger partial charge in [-0.3, -0.25) is 0 Å². The fraction of sp³-hybridized carbons (Fsp3) is 0.423. The Kier molecular flexibility index (Phi) is 6.86. The van der Waals surface area contributed by atoms with Gasteiger partial charge < -0.3 is 14.2 Å². The van der Waals surface area contributed by atoms with Gasteiger partial charge in [-0.1, -0.05) is 0 Å². The highest BCUT2D eigenvalue weighted by Crippen LogP contribution is 2.35. The Hall–Kier alpha value is -2.80. The zero-order chi connectivity index (χ0) is 26.5. The van der Waals surface area contributed by atoms with Crippen molar-refractivity contribution in [2.75, 3.05) is 6.61 Å². The van der Waals surface area contributed by atoms with Crippen LogP contribution in [0.4, 0.5) is 13.6 Å². The average molecular weight is 624 g/mol. The summed E-state index contributed by atoms with van der Waals surface area (Å²) in [5.41, 5.74) is 0.0359. The highest BCUT2D eigenvalue weighted by Gasteiger charge is 2.27. The van der Waals surface area contributed by atoms with Gasteiger partial charge >= 0.3 is 6.09 Å². The third kappa shape index (κ3) is 5.02. The van der Waals surface area contributed by atoms with Crippen LogP contribution in [0.2, 0.25) is 0 Å². The second kappa shape index (κ2) is 9.82. The highest BCUT2D eigenvalue weighted by atomic mass is 127. The van der Waals surface area contributed by atoms with Crippen LogP contribution in [0.3, 0.4) is 0 Å². The van der Waals surface area contributed by atoms with Crippen molar-refractivity contribution in [2.45, 2.75) is 64.9 Å². The molecule has 1 fully saturated rings. The van der Waals surface area contributed by atoms with E-state index >= 15 is 4.39 Å². The van der Waals surface area contributed by atoms with Crippen LogP contribution in [0.25, 0.3) is 21.9 Å². The highest BCUT2D eigenvalue weighted by molar-refractivity contribution is 14.1. The van der Waals surface area contributed by atoms with Gasteiger partial charge in [0.1, 0.15) is 27.0 Å². The molecule has 1 aliphatic rings. The fourth-order valence-electron chi connectivity index (χ4n) is 4.55. The minimum absolute atomic E-state index is 0.0362. The van der Waals surface area contributed by atoms with Crippen LogP contribution < -0.4 is 4.74 Å². The van der Waals surface area contributed by atoms with E-state index in [0.29, 0.717) is 12.4 Å². The molecule has 0 amide bonds. The molecule has 4 heterocycles. The number of pyridine rings is 1. The van der Waals surface area contributed by atoms with Crippen molar-refractivity contribution < 1.29 is 27.8 Å². The van der Waals surface area contributed by atoms with E-state index in [0.717, 1.165) is 50.8 Å². The Labute approximate surface area is 226 Å². The van der Waals surface area contributed by atoms with Crippen molar-refractivity contribution in [3.63, 3.8) is 0 Å². The monoisotopic (exact) mass is 624 g/mol. The Balaban J connectivity index is 1.47. The van der Waals surface area contributed by atoms with Crippen molar-refractivity contribution >= 4 is 50.6 Å². The van der Waals surface area contributed by atoms with Gasteiger partial charge in [-0.05, 0) is 87.7 Å². The summed E-state index contributed by atoms with van der Waals surface area (Å²) in [7, 11) is 0. The van der Waals surface area contributed by atoms with Crippen LogP contribution in [0.1, 0.15) is 64.9 Å². The lowest BCUT2D eigenvalue weighted by Crippen LogP contribution is -2.27.